The van der Waals surface area contributed by atoms with E-state index in [1.54, 1.807) is 4.90 Å². The van der Waals surface area contributed by atoms with E-state index in [0.717, 1.165) is 27.9 Å². The highest BCUT2D eigenvalue weighted by Gasteiger charge is 2.39. The van der Waals surface area contributed by atoms with E-state index in [-0.39, 0.29) is 11.8 Å². The first-order valence-electron chi connectivity index (χ1n) is 7.81. The number of anilines is 1. The Bertz CT molecular complexity index is 832. The number of hydrogen-bond acceptors (Lipinski definition) is 2. The van der Waals surface area contributed by atoms with Crippen LogP contribution in [0.25, 0.3) is 0 Å². The van der Waals surface area contributed by atoms with Crippen LogP contribution in [0.3, 0.4) is 0 Å². The summed E-state index contributed by atoms with van der Waals surface area (Å²) in [7, 11) is 0. The van der Waals surface area contributed by atoms with Gasteiger partial charge in [-0.15, -0.1) is 0 Å². The molecule has 1 aliphatic rings. The summed E-state index contributed by atoms with van der Waals surface area (Å²) >= 11 is 6.26. The van der Waals surface area contributed by atoms with Gasteiger partial charge in [0, 0.05) is 17.5 Å². The molecule has 4 nitrogen and oxygen atoms in total. The van der Waals surface area contributed by atoms with Gasteiger partial charge in [0.15, 0.2) is 0 Å². The lowest BCUT2D eigenvalue weighted by Gasteiger charge is -2.20. The summed E-state index contributed by atoms with van der Waals surface area (Å²) in [6.45, 7) is 5.77. The van der Waals surface area contributed by atoms with Gasteiger partial charge in [0.2, 0.25) is 5.91 Å². The maximum absolute atomic E-state index is 12.9. The Hall–Kier alpha value is -2.33. The highest BCUT2D eigenvalue weighted by molar-refractivity contribution is 6.31. The second-order valence-corrected chi connectivity index (χ2v) is 6.58. The smallest absolute Gasteiger partial charge is 0.254 e. The van der Waals surface area contributed by atoms with Crippen molar-refractivity contribution in [3.63, 3.8) is 0 Å². The van der Waals surface area contributed by atoms with Crippen LogP contribution in [0.1, 0.15) is 35.2 Å². The molecule has 0 fully saturated rings. The zero-order valence-corrected chi connectivity index (χ0v) is 14.6. The third-order valence-corrected chi connectivity index (χ3v) is 4.57. The highest BCUT2D eigenvalue weighted by atomic mass is 35.5. The van der Waals surface area contributed by atoms with Gasteiger partial charge in [0.25, 0.3) is 5.91 Å². The fourth-order valence-electron chi connectivity index (χ4n) is 3.28. The number of aryl methyl sites for hydroxylation is 2. The number of halogens is 1. The molecule has 1 atom stereocenters. The average Bonchev–Trinajstić information content (AvgIpc) is 2.75. The number of nitrogens with one attached hydrogen (secondary N) is 1. The number of rotatable bonds is 3. The molecule has 5 heteroatoms. The second-order valence-electron chi connectivity index (χ2n) is 6.17. The lowest BCUT2D eigenvalue weighted by atomic mass is 10.0. The largest absolute Gasteiger partial charge is 0.341 e. The van der Waals surface area contributed by atoms with E-state index in [0.29, 0.717) is 11.6 Å². The van der Waals surface area contributed by atoms with Crippen molar-refractivity contribution in [3.8, 4) is 0 Å². The number of fused-ring (bicyclic) bond motifs is 1. The molecule has 0 saturated heterocycles. The number of hydrogen-bond donors (Lipinski definition) is 1. The van der Waals surface area contributed by atoms with Crippen LogP contribution in [0.4, 0.5) is 5.69 Å². The Morgan fingerprint density at radius 1 is 1.25 bits per heavy atom. The Balaban J connectivity index is 2.07. The van der Waals surface area contributed by atoms with Crippen LogP contribution in [-0.2, 0) is 16.1 Å². The molecule has 2 amide bonds. The molecule has 1 aliphatic heterocycles. The minimum atomic E-state index is -0.640. The van der Waals surface area contributed by atoms with Crippen LogP contribution in [0.15, 0.2) is 36.4 Å². The molecule has 3 rings (SSSR count). The SMILES string of the molecule is CC(=O)N[C@H]1C(=O)N(Cc2ccccc2Cl)c2c(C)cc(C)cc21. The normalized spacial score (nSPS) is 16.2. The van der Waals surface area contributed by atoms with Crippen LogP contribution < -0.4 is 10.2 Å². The Kier molecular flexibility index (Phi) is 4.33. The van der Waals surface area contributed by atoms with E-state index in [9.17, 15) is 9.59 Å². The second kappa shape index (κ2) is 6.29. The first-order chi connectivity index (χ1) is 11.4. The van der Waals surface area contributed by atoms with Gasteiger partial charge < -0.3 is 10.2 Å². The molecule has 0 unspecified atom stereocenters. The third kappa shape index (κ3) is 2.89. The molecule has 2 aromatic carbocycles. The quantitative estimate of drug-likeness (QED) is 0.925. The summed E-state index contributed by atoms with van der Waals surface area (Å²) in [5, 5.41) is 3.39. The number of benzene rings is 2. The van der Waals surface area contributed by atoms with Crippen molar-refractivity contribution >= 4 is 29.1 Å². The molecule has 0 spiro atoms. The third-order valence-electron chi connectivity index (χ3n) is 4.20. The standard InChI is InChI=1S/C19H19ClN2O2/c1-11-8-12(2)18-15(9-11)17(21-13(3)23)19(24)22(18)10-14-6-4-5-7-16(14)20/h4-9,17H,10H2,1-3H3,(H,21,23)/t17-/m1/s1. The monoisotopic (exact) mass is 342 g/mol. The first kappa shape index (κ1) is 16.5. The van der Waals surface area contributed by atoms with E-state index in [1.807, 2.05) is 50.2 Å². The average molecular weight is 343 g/mol. The molecule has 0 aliphatic carbocycles. The molecule has 0 saturated carbocycles. The van der Waals surface area contributed by atoms with Crippen LogP contribution in [0.5, 0.6) is 0 Å². The summed E-state index contributed by atoms with van der Waals surface area (Å²) in [5.74, 6) is -0.355. The summed E-state index contributed by atoms with van der Waals surface area (Å²) in [6, 6.07) is 10.8. The number of amides is 2. The van der Waals surface area contributed by atoms with Gasteiger partial charge in [-0.05, 0) is 31.0 Å². The lowest BCUT2D eigenvalue weighted by molar-refractivity contribution is -0.126. The minimum Gasteiger partial charge on any atom is -0.341 e. The maximum atomic E-state index is 12.9. The molecular formula is C19H19ClN2O2. The Labute approximate surface area is 146 Å². The van der Waals surface area contributed by atoms with Gasteiger partial charge in [0.05, 0.1) is 12.2 Å². The van der Waals surface area contributed by atoms with E-state index in [1.165, 1.54) is 6.92 Å². The highest BCUT2D eigenvalue weighted by Crippen LogP contribution is 2.40. The van der Waals surface area contributed by atoms with Gasteiger partial charge in [-0.2, -0.15) is 0 Å². The lowest BCUT2D eigenvalue weighted by Crippen LogP contribution is -2.36. The molecule has 0 aromatic heterocycles. The fourth-order valence-corrected chi connectivity index (χ4v) is 3.47. The molecule has 1 N–H and O–H groups in total. The van der Waals surface area contributed by atoms with E-state index >= 15 is 0 Å². The molecular weight excluding hydrogens is 324 g/mol. The van der Waals surface area contributed by atoms with Crippen molar-refractivity contribution in [2.75, 3.05) is 4.90 Å². The molecule has 0 radical (unpaired) electrons. The number of carbonyl (C=O) groups is 2. The molecule has 2 aromatic rings. The van der Waals surface area contributed by atoms with Crippen molar-refractivity contribution < 1.29 is 9.59 Å². The van der Waals surface area contributed by atoms with E-state index in [2.05, 4.69) is 5.32 Å². The zero-order valence-electron chi connectivity index (χ0n) is 13.9. The topological polar surface area (TPSA) is 49.4 Å². The van der Waals surface area contributed by atoms with Crippen molar-refractivity contribution in [3.05, 3.63) is 63.7 Å². The van der Waals surface area contributed by atoms with Crippen LogP contribution in [-0.4, -0.2) is 11.8 Å². The van der Waals surface area contributed by atoms with Crippen molar-refractivity contribution in [1.82, 2.24) is 5.32 Å². The molecule has 24 heavy (non-hydrogen) atoms. The van der Waals surface area contributed by atoms with Gasteiger partial charge in [-0.25, -0.2) is 0 Å². The number of carbonyl (C=O) groups excluding carboxylic acids is 2. The van der Waals surface area contributed by atoms with E-state index < -0.39 is 6.04 Å². The number of nitrogens with zero attached hydrogens (tertiary/aromatic N) is 1. The molecule has 1 heterocycles. The van der Waals surface area contributed by atoms with Crippen LogP contribution in [0.2, 0.25) is 5.02 Å². The summed E-state index contributed by atoms with van der Waals surface area (Å²) in [6.07, 6.45) is 0. The summed E-state index contributed by atoms with van der Waals surface area (Å²) in [5.41, 5.74) is 4.66. The van der Waals surface area contributed by atoms with Crippen molar-refractivity contribution in [2.24, 2.45) is 0 Å². The first-order valence-corrected chi connectivity index (χ1v) is 8.19. The summed E-state index contributed by atoms with van der Waals surface area (Å²) < 4.78 is 0. The molecule has 0 bridgehead atoms. The Morgan fingerprint density at radius 2 is 1.96 bits per heavy atom. The van der Waals surface area contributed by atoms with Gasteiger partial charge in [0.1, 0.15) is 6.04 Å². The fraction of sp³-hybridized carbons (Fsp3) is 0.263. The van der Waals surface area contributed by atoms with Crippen LogP contribution in [0, 0.1) is 13.8 Å². The van der Waals surface area contributed by atoms with Gasteiger partial charge >= 0.3 is 0 Å². The van der Waals surface area contributed by atoms with Crippen molar-refractivity contribution in [1.29, 1.82) is 0 Å². The Morgan fingerprint density at radius 3 is 2.62 bits per heavy atom. The predicted molar refractivity (Wildman–Crippen MR) is 95.1 cm³/mol. The van der Waals surface area contributed by atoms with Gasteiger partial charge in [-0.1, -0.05) is 47.5 Å². The van der Waals surface area contributed by atoms with Crippen molar-refractivity contribution in [2.45, 2.75) is 33.4 Å². The maximum Gasteiger partial charge on any atom is 0.254 e. The zero-order chi connectivity index (χ0) is 17.4. The van der Waals surface area contributed by atoms with Crippen LogP contribution >= 0.6 is 11.6 Å². The molecule has 124 valence electrons. The van der Waals surface area contributed by atoms with E-state index in [4.69, 9.17) is 11.6 Å². The van der Waals surface area contributed by atoms with Gasteiger partial charge in [-0.3, -0.25) is 9.59 Å². The summed E-state index contributed by atoms with van der Waals surface area (Å²) in [4.78, 5) is 26.2. The minimum absolute atomic E-state index is 0.131. The predicted octanol–water partition coefficient (Wildman–Crippen LogP) is 3.68.